The molecular formula is C27H29ClFN3O3. The van der Waals surface area contributed by atoms with Crippen LogP contribution in [0.4, 0.5) is 10.2 Å². The van der Waals surface area contributed by atoms with E-state index in [4.69, 9.17) is 21.1 Å². The molecule has 6 nitrogen and oxygen atoms in total. The van der Waals surface area contributed by atoms with Crippen molar-refractivity contribution in [1.29, 1.82) is 0 Å². The van der Waals surface area contributed by atoms with Crippen LogP contribution in [0.5, 0.6) is 5.75 Å². The van der Waals surface area contributed by atoms with Gasteiger partial charge in [-0.05, 0) is 55.8 Å². The topological polar surface area (TPSA) is 54.9 Å². The lowest BCUT2D eigenvalue weighted by molar-refractivity contribution is 0.0378. The van der Waals surface area contributed by atoms with Gasteiger partial charge in [0.25, 0.3) is 0 Å². The van der Waals surface area contributed by atoms with E-state index in [1.54, 1.807) is 24.4 Å². The first-order valence-corrected chi connectivity index (χ1v) is 12.1. The number of nitrogens with zero attached hydrogens (tertiary/aromatic N) is 3. The second kappa shape index (κ2) is 11.5. The van der Waals surface area contributed by atoms with Gasteiger partial charge in [-0.25, -0.2) is 14.2 Å². The Morgan fingerprint density at radius 1 is 1.09 bits per heavy atom. The Labute approximate surface area is 210 Å². The number of carbonyl (C=O) groups is 1. The summed E-state index contributed by atoms with van der Waals surface area (Å²) in [4.78, 5) is 21.5. The number of ether oxygens (including phenoxy) is 2. The maximum Gasteiger partial charge on any atom is 0.342 e. The quantitative estimate of drug-likeness (QED) is 0.391. The minimum Gasteiger partial charge on any atom is -0.489 e. The fourth-order valence-corrected chi connectivity index (χ4v) is 4.22. The Hall–Kier alpha value is -3.16. The summed E-state index contributed by atoms with van der Waals surface area (Å²) in [7, 11) is 0. The highest BCUT2D eigenvalue weighted by Crippen LogP contribution is 2.23. The molecule has 0 radical (unpaired) electrons. The van der Waals surface area contributed by atoms with Gasteiger partial charge >= 0.3 is 5.97 Å². The molecule has 2 aromatic carbocycles. The van der Waals surface area contributed by atoms with Crippen LogP contribution in [0.15, 0.2) is 60.8 Å². The molecule has 1 aliphatic rings. The Balaban J connectivity index is 1.33. The van der Waals surface area contributed by atoms with Crippen molar-refractivity contribution < 1.29 is 18.7 Å². The van der Waals surface area contributed by atoms with E-state index in [9.17, 15) is 9.18 Å². The standard InChI is InChI=1S/C27H29ClFN3O3/c1-19(2)35-27(33)24-7-4-10-30-26(24)32-13-11-31(12-14-32)17-20-5-3-6-23(15-20)34-18-21-8-9-22(29)16-25(21)28/h3-10,15-16,19H,11-14,17-18H2,1-2H3. The van der Waals surface area contributed by atoms with Crippen molar-refractivity contribution in [3.05, 3.63) is 88.3 Å². The Bertz CT molecular complexity index is 1170. The van der Waals surface area contributed by atoms with Crippen molar-refractivity contribution in [3.63, 3.8) is 0 Å². The van der Waals surface area contributed by atoms with Crippen LogP contribution < -0.4 is 9.64 Å². The number of hydrogen-bond donors (Lipinski definition) is 0. The lowest BCUT2D eigenvalue weighted by Crippen LogP contribution is -2.46. The molecular weight excluding hydrogens is 469 g/mol. The highest BCUT2D eigenvalue weighted by molar-refractivity contribution is 6.31. The van der Waals surface area contributed by atoms with Crippen molar-refractivity contribution in [1.82, 2.24) is 9.88 Å². The van der Waals surface area contributed by atoms with E-state index in [0.29, 0.717) is 16.4 Å². The molecule has 1 saturated heterocycles. The predicted molar refractivity (Wildman–Crippen MR) is 134 cm³/mol. The molecule has 0 unspecified atom stereocenters. The van der Waals surface area contributed by atoms with Crippen molar-refractivity contribution in [2.75, 3.05) is 31.1 Å². The molecule has 8 heteroatoms. The van der Waals surface area contributed by atoms with Crippen LogP contribution in [0.2, 0.25) is 5.02 Å². The lowest BCUT2D eigenvalue weighted by Gasteiger charge is -2.36. The number of benzene rings is 2. The number of esters is 1. The van der Waals surface area contributed by atoms with Gasteiger partial charge in [0.1, 0.15) is 29.6 Å². The van der Waals surface area contributed by atoms with Gasteiger partial charge in [-0.3, -0.25) is 4.90 Å². The lowest BCUT2D eigenvalue weighted by atomic mass is 10.1. The van der Waals surface area contributed by atoms with Gasteiger partial charge in [0.2, 0.25) is 0 Å². The van der Waals surface area contributed by atoms with E-state index in [2.05, 4.69) is 20.9 Å². The average Bonchev–Trinajstić information content (AvgIpc) is 2.84. The molecule has 3 aromatic rings. The van der Waals surface area contributed by atoms with E-state index >= 15 is 0 Å². The number of pyridine rings is 1. The Kier molecular flexibility index (Phi) is 8.21. The highest BCUT2D eigenvalue weighted by atomic mass is 35.5. The van der Waals surface area contributed by atoms with E-state index in [1.807, 2.05) is 32.0 Å². The zero-order valence-electron chi connectivity index (χ0n) is 19.9. The molecule has 0 atom stereocenters. The molecule has 2 heterocycles. The molecule has 35 heavy (non-hydrogen) atoms. The van der Waals surface area contributed by atoms with Gasteiger partial charge in [0, 0.05) is 44.5 Å². The first-order chi connectivity index (χ1) is 16.9. The number of halogens is 2. The summed E-state index contributed by atoms with van der Waals surface area (Å²) in [5, 5.41) is 0.354. The smallest absolute Gasteiger partial charge is 0.342 e. The van der Waals surface area contributed by atoms with Gasteiger partial charge in [-0.2, -0.15) is 0 Å². The Morgan fingerprint density at radius 2 is 1.89 bits per heavy atom. The predicted octanol–water partition coefficient (Wildman–Crippen LogP) is 5.34. The summed E-state index contributed by atoms with van der Waals surface area (Å²) < 4.78 is 24.5. The molecule has 0 amide bonds. The molecule has 0 bridgehead atoms. The zero-order chi connectivity index (χ0) is 24.8. The number of piperazine rings is 1. The fraction of sp³-hybridized carbons (Fsp3) is 0.333. The number of anilines is 1. The minimum atomic E-state index is -0.365. The molecule has 184 valence electrons. The average molecular weight is 498 g/mol. The van der Waals surface area contributed by atoms with Crippen LogP contribution in [0.3, 0.4) is 0 Å². The molecule has 1 aromatic heterocycles. The van der Waals surface area contributed by atoms with E-state index in [0.717, 1.165) is 49.6 Å². The fourth-order valence-electron chi connectivity index (χ4n) is 4.00. The van der Waals surface area contributed by atoms with Gasteiger partial charge in [-0.1, -0.05) is 29.8 Å². The van der Waals surface area contributed by atoms with Gasteiger partial charge in [0.15, 0.2) is 0 Å². The van der Waals surface area contributed by atoms with E-state index < -0.39 is 0 Å². The highest BCUT2D eigenvalue weighted by Gasteiger charge is 2.23. The number of rotatable bonds is 8. The molecule has 1 aliphatic heterocycles. The van der Waals surface area contributed by atoms with Crippen molar-refractivity contribution in [2.45, 2.75) is 33.1 Å². The van der Waals surface area contributed by atoms with Crippen molar-refractivity contribution in [3.8, 4) is 5.75 Å². The second-order valence-corrected chi connectivity index (χ2v) is 9.17. The monoisotopic (exact) mass is 497 g/mol. The van der Waals surface area contributed by atoms with Crippen LogP contribution >= 0.6 is 11.6 Å². The van der Waals surface area contributed by atoms with Gasteiger partial charge < -0.3 is 14.4 Å². The molecule has 0 spiro atoms. The third-order valence-electron chi connectivity index (χ3n) is 5.74. The van der Waals surface area contributed by atoms with Crippen LogP contribution in [-0.2, 0) is 17.9 Å². The summed E-state index contributed by atoms with van der Waals surface area (Å²) in [5.41, 5.74) is 2.38. The number of aromatic nitrogens is 1. The molecule has 0 aliphatic carbocycles. The first-order valence-electron chi connectivity index (χ1n) is 11.7. The summed E-state index contributed by atoms with van der Waals surface area (Å²) in [5.74, 6) is 0.704. The van der Waals surface area contributed by atoms with Crippen LogP contribution in [0.1, 0.15) is 35.3 Å². The summed E-state index contributed by atoms with van der Waals surface area (Å²) in [6, 6.07) is 15.8. The summed E-state index contributed by atoms with van der Waals surface area (Å²) in [6.07, 6.45) is 1.53. The number of carbonyl (C=O) groups excluding carboxylic acids is 1. The van der Waals surface area contributed by atoms with E-state index in [-0.39, 0.29) is 24.5 Å². The van der Waals surface area contributed by atoms with Gasteiger partial charge in [0.05, 0.1) is 11.1 Å². The maximum absolute atomic E-state index is 13.3. The van der Waals surface area contributed by atoms with Gasteiger partial charge in [-0.15, -0.1) is 0 Å². The zero-order valence-corrected chi connectivity index (χ0v) is 20.7. The summed E-state index contributed by atoms with van der Waals surface area (Å²) >= 11 is 6.10. The minimum absolute atomic E-state index is 0.181. The van der Waals surface area contributed by atoms with Crippen molar-refractivity contribution >= 4 is 23.4 Å². The van der Waals surface area contributed by atoms with Crippen LogP contribution in [0, 0.1) is 5.82 Å². The molecule has 4 rings (SSSR count). The maximum atomic E-state index is 13.3. The molecule has 1 fully saturated rings. The molecule has 0 N–H and O–H groups in total. The number of hydrogen-bond acceptors (Lipinski definition) is 6. The third-order valence-corrected chi connectivity index (χ3v) is 6.09. The summed E-state index contributed by atoms with van der Waals surface area (Å²) in [6.45, 7) is 7.93. The normalized spacial score (nSPS) is 14.3. The SMILES string of the molecule is CC(C)OC(=O)c1cccnc1N1CCN(Cc2cccc(OCc3ccc(F)cc3Cl)c2)CC1. The Morgan fingerprint density at radius 3 is 2.63 bits per heavy atom. The van der Waals surface area contributed by atoms with Crippen LogP contribution in [-0.4, -0.2) is 48.1 Å². The second-order valence-electron chi connectivity index (χ2n) is 8.76. The van der Waals surface area contributed by atoms with E-state index in [1.165, 1.54) is 12.1 Å². The molecule has 0 saturated carbocycles. The first kappa shape index (κ1) is 24.9. The largest absolute Gasteiger partial charge is 0.489 e. The van der Waals surface area contributed by atoms with Crippen molar-refractivity contribution in [2.24, 2.45) is 0 Å². The van der Waals surface area contributed by atoms with Crippen LogP contribution in [0.25, 0.3) is 0 Å². The third kappa shape index (κ3) is 6.71.